The van der Waals surface area contributed by atoms with E-state index in [0.717, 1.165) is 25.5 Å². The number of fused-ring (bicyclic) bond motifs is 1. The van der Waals surface area contributed by atoms with Crippen LogP contribution in [0.1, 0.15) is 12.5 Å². The number of hydrogen-bond acceptors (Lipinski definition) is 4. The highest BCUT2D eigenvalue weighted by molar-refractivity contribution is 6.02. The fraction of sp³-hybridized carbons (Fsp3) is 0.304. The van der Waals surface area contributed by atoms with Gasteiger partial charge in [-0.3, -0.25) is 15.1 Å². The van der Waals surface area contributed by atoms with Crippen LogP contribution in [-0.4, -0.2) is 41.4 Å². The predicted molar refractivity (Wildman–Crippen MR) is 114 cm³/mol. The number of amides is 2. The number of halogens is 1. The number of likely N-dealkylation sites (tertiary alicyclic amines) is 1. The summed E-state index contributed by atoms with van der Waals surface area (Å²) in [6.45, 7) is 5.24. The highest BCUT2D eigenvalue weighted by atomic mass is 19.1. The maximum absolute atomic E-state index is 13.6. The third-order valence-electron chi connectivity index (χ3n) is 5.98. The topological polar surface area (TPSA) is 51.2 Å². The summed E-state index contributed by atoms with van der Waals surface area (Å²) < 4.78 is 13.6. The molecule has 3 aliphatic heterocycles. The summed E-state index contributed by atoms with van der Waals surface area (Å²) in [6, 6.07) is 16.6. The van der Waals surface area contributed by atoms with Gasteiger partial charge in [-0.05, 0) is 29.7 Å². The molecular weight excluding hydrogens is 381 g/mol. The quantitative estimate of drug-likeness (QED) is 0.846. The van der Waals surface area contributed by atoms with Crippen LogP contribution in [0.5, 0.6) is 0 Å². The number of anilines is 1. The van der Waals surface area contributed by atoms with Crippen LogP contribution in [0, 0.1) is 17.7 Å². The lowest BCUT2D eigenvalue weighted by atomic mass is 9.96. The lowest BCUT2D eigenvalue weighted by Crippen LogP contribution is -2.49. The largest absolute Gasteiger partial charge is 0.329 e. The van der Waals surface area contributed by atoms with Crippen LogP contribution < -0.4 is 10.2 Å². The Bertz CT molecular complexity index is 1020. The predicted octanol–water partition coefficient (Wildman–Crippen LogP) is 3.59. The second-order valence-corrected chi connectivity index (χ2v) is 8.20. The van der Waals surface area contributed by atoms with Crippen molar-refractivity contribution >= 4 is 17.6 Å². The van der Waals surface area contributed by atoms with E-state index in [2.05, 4.69) is 41.4 Å². The molecule has 0 spiro atoms. The van der Waals surface area contributed by atoms with Crippen molar-refractivity contribution in [2.24, 2.45) is 16.8 Å². The molecule has 2 atom stereocenters. The van der Waals surface area contributed by atoms with Crippen molar-refractivity contribution in [3.05, 3.63) is 78.0 Å². The number of carbonyl (C=O) groups is 1. The summed E-state index contributed by atoms with van der Waals surface area (Å²) in [6.07, 6.45) is 1.81. The number of aliphatic imine (C=N–C) groups is 1. The molecule has 2 unspecified atom stereocenters. The summed E-state index contributed by atoms with van der Waals surface area (Å²) >= 11 is 0. The van der Waals surface area contributed by atoms with E-state index >= 15 is 0 Å². The molecule has 5 rings (SSSR count). The lowest BCUT2D eigenvalue weighted by molar-refractivity contribution is 0.216. The zero-order valence-corrected chi connectivity index (χ0v) is 16.8. The Morgan fingerprint density at radius 1 is 1.13 bits per heavy atom. The van der Waals surface area contributed by atoms with E-state index < -0.39 is 0 Å². The molecule has 6 nitrogen and oxygen atoms in total. The van der Waals surface area contributed by atoms with Crippen molar-refractivity contribution < 1.29 is 9.18 Å². The monoisotopic (exact) mass is 405 g/mol. The molecule has 0 aromatic heterocycles. The molecule has 3 aliphatic rings. The summed E-state index contributed by atoms with van der Waals surface area (Å²) in [5, 5.41) is 3.00. The van der Waals surface area contributed by atoms with Crippen LogP contribution in [0.15, 0.2) is 71.6 Å². The standard InChI is InChI=1S/C23H24FN5O/c1-16-11-27(12-17-6-3-2-4-7-17)13-20(16)22-25-21-14-28(15-29(21)23(30)26-22)19-9-5-8-18(24)10-19/h2-10,14,16,20H,11-13,15H2,1H3,(H,25,26,30). The van der Waals surface area contributed by atoms with E-state index in [0.29, 0.717) is 24.1 Å². The summed E-state index contributed by atoms with van der Waals surface area (Å²) in [5.41, 5.74) is 1.99. The maximum atomic E-state index is 13.6. The lowest BCUT2D eigenvalue weighted by Gasteiger charge is -2.28. The van der Waals surface area contributed by atoms with Crippen molar-refractivity contribution in [1.29, 1.82) is 0 Å². The summed E-state index contributed by atoms with van der Waals surface area (Å²) in [7, 11) is 0. The Kier molecular flexibility index (Phi) is 4.75. The van der Waals surface area contributed by atoms with Gasteiger partial charge in [-0.15, -0.1) is 0 Å². The van der Waals surface area contributed by atoms with Crippen LogP contribution >= 0.6 is 0 Å². The first kappa shape index (κ1) is 18.8. The number of nitrogens with one attached hydrogen (secondary N) is 1. The number of nitrogens with zero attached hydrogens (tertiary/aromatic N) is 4. The van der Waals surface area contributed by atoms with Gasteiger partial charge in [-0.1, -0.05) is 43.3 Å². The molecule has 2 aromatic carbocycles. The first-order valence-corrected chi connectivity index (χ1v) is 10.2. The Hall–Kier alpha value is -3.19. The minimum absolute atomic E-state index is 0.170. The molecule has 3 heterocycles. The van der Waals surface area contributed by atoms with Gasteiger partial charge in [0.1, 0.15) is 18.3 Å². The van der Waals surface area contributed by atoms with E-state index in [1.807, 2.05) is 23.2 Å². The number of benzene rings is 2. The Balaban J connectivity index is 1.34. The Labute approximate surface area is 175 Å². The molecule has 1 N–H and O–H groups in total. The van der Waals surface area contributed by atoms with Gasteiger partial charge in [-0.2, -0.15) is 0 Å². The molecular formula is C23H24FN5O. The molecule has 30 heavy (non-hydrogen) atoms. The molecule has 0 aliphatic carbocycles. The first-order valence-electron chi connectivity index (χ1n) is 10.2. The Morgan fingerprint density at radius 2 is 1.97 bits per heavy atom. The number of amidine groups is 1. The van der Waals surface area contributed by atoms with Crippen LogP contribution in [0.2, 0.25) is 0 Å². The zero-order chi connectivity index (χ0) is 20.7. The number of hydrogen-bond donors (Lipinski definition) is 1. The van der Waals surface area contributed by atoms with Gasteiger partial charge in [0.2, 0.25) is 0 Å². The Morgan fingerprint density at radius 3 is 2.77 bits per heavy atom. The van der Waals surface area contributed by atoms with E-state index in [1.165, 1.54) is 17.7 Å². The average molecular weight is 405 g/mol. The first-order chi connectivity index (χ1) is 14.6. The zero-order valence-electron chi connectivity index (χ0n) is 16.8. The van der Waals surface area contributed by atoms with E-state index in [-0.39, 0.29) is 17.8 Å². The minimum atomic E-state index is -0.303. The highest BCUT2D eigenvalue weighted by Crippen LogP contribution is 2.30. The third-order valence-corrected chi connectivity index (χ3v) is 5.98. The van der Waals surface area contributed by atoms with Crippen molar-refractivity contribution in [3.8, 4) is 0 Å². The molecule has 2 amide bonds. The molecule has 154 valence electrons. The number of carbonyl (C=O) groups excluding carboxylic acids is 1. The fourth-order valence-corrected chi connectivity index (χ4v) is 4.44. The molecule has 0 radical (unpaired) electrons. The smallest absolute Gasteiger partial charge is 0.325 e. The number of urea groups is 1. The molecule has 7 heteroatoms. The van der Waals surface area contributed by atoms with E-state index in [1.54, 1.807) is 11.0 Å². The SMILES string of the molecule is CC1CN(Cc2ccccc2)CC1C1=NC2=CN(c3cccc(F)c3)CN2C(=O)N1. The average Bonchev–Trinajstić information content (AvgIpc) is 3.32. The second kappa shape index (κ2) is 7.57. The van der Waals surface area contributed by atoms with Crippen LogP contribution in [0.3, 0.4) is 0 Å². The van der Waals surface area contributed by atoms with Gasteiger partial charge in [0.25, 0.3) is 0 Å². The van der Waals surface area contributed by atoms with Gasteiger partial charge in [0.15, 0.2) is 5.82 Å². The van der Waals surface area contributed by atoms with E-state index in [9.17, 15) is 9.18 Å². The fourth-order valence-electron chi connectivity index (χ4n) is 4.44. The number of rotatable bonds is 4. The molecule has 0 bridgehead atoms. The molecule has 2 aromatic rings. The van der Waals surface area contributed by atoms with Crippen molar-refractivity contribution in [2.75, 3.05) is 24.7 Å². The van der Waals surface area contributed by atoms with Gasteiger partial charge < -0.3 is 4.90 Å². The van der Waals surface area contributed by atoms with Gasteiger partial charge in [-0.25, -0.2) is 14.2 Å². The van der Waals surface area contributed by atoms with Crippen molar-refractivity contribution in [1.82, 2.24) is 15.1 Å². The molecule has 1 fully saturated rings. The van der Waals surface area contributed by atoms with Crippen molar-refractivity contribution in [3.63, 3.8) is 0 Å². The van der Waals surface area contributed by atoms with E-state index in [4.69, 9.17) is 4.99 Å². The molecule has 0 saturated carbocycles. The van der Waals surface area contributed by atoms with Crippen LogP contribution in [-0.2, 0) is 6.54 Å². The normalized spacial score (nSPS) is 23.9. The summed E-state index contributed by atoms with van der Waals surface area (Å²) in [4.78, 5) is 23.3. The summed E-state index contributed by atoms with van der Waals surface area (Å²) in [5.74, 6) is 1.59. The van der Waals surface area contributed by atoms with Crippen LogP contribution in [0.4, 0.5) is 14.9 Å². The van der Waals surface area contributed by atoms with Crippen molar-refractivity contribution in [2.45, 2.75) is 13.5 Å². The van der Waals surface area contributed by atoms with Crippen LogP contribution in [0.25, 0.3) is 0 Å². The van der Waals surface area contributed by atoms with Gasteiger partial charge in [0, 0.05) is 37.4 Å². The minimum Gasteiger partial charge on any atom is -0.325 e. The molecule has 1 saturated heterocycles. The van der Waals surface area contributed by atoms with Gasteiger partial charge in [0.05, 0.1) is 0 Å². The second-order valence-electron chi connectivity index (χ2n) is 8.20. The third kappa shape index (κ3) is 3.57. The highest BCUT2D eigenvalue weighted by Gasteiger charge is 2.39. The van der Waals surface area contributed by atoms with Gasteiger partial charge >= 0.3 is 6.03 Å². The maximum Gasteiger partial charge on any atom is 0.329 e.